The Morgan fingerprint density at radius 3 is 2.61 bits per heavy atom. The second-order valence-corrected chi connectivity index (χ2v) is 7.13. The molecule has 0 radical (unpaired) electrons. The summed E-state index contributed by atoms with van der Waals surface area (Å²) >= 11 is 6.09. The number of hydrogen-bond acceptors (Lipinski definition) is 2. The van der Waals surface area contributed by atoms with Gasteiger partial charge in [-0.25, -0.2) is 4.79 Å². The molecule has 0 aliphatic carbocycles. The van der Waals surface area contributed by atoms with Crippen molar-refractivity contribution in [2.75, 3.05) is 11.9 Å². The zero-order chi connectivity index (χ0) is 16.2. The van der Waals surface area contributed by atoms with Crippen LogP contribution in [0.1, 0.15) is 45.4 Å². The topological polar surface area (TPSA) is 44.4 Å². The minimum atomic E-state index is -0.148. The number of urea groups is 1. The van der Waals surface area contributed by atoms with Crippen LogP contribution in [-0.2, 0) is 0 Å². The smallest absolute Gasteiger partial charge is 0.319 e. The first-order valence-electron chi connectivity index (χ1n) is 8.75. The highest BCUT2D eigenvalue weighted by atomic mass is 35.5. The molecule has 2 atom stereocenters. The average Bonchev–Trinajstić information content (AvgIpc) is 2.50. The van der Waals surface area contributed by atoms with Gasteiger partial charge in [0, 0.05) is 18.1 Å². The summed E-state index contributed by atoms with van der Waals surface area (Å²) in [5.74, 6) is 0. The highest BCUT2D eigenvalue weighted by Crippen LogP contribution is 2.34. The van der Waals surface area contributed by atoms with Gasteiger partial charge >= 0.3 is 6.03 Å². The van der Waals surface area contributed by atoms with E-state index < -0.39 is 0 Å². The van der Waals surface area contributed by atoms with Crippen LogP contribution in [0, 0.1) is 0 Å². The van der Waals surface area contributed by atoms with Crippen molar-refractivity contribution in [1.82, 2.24) is 10.2 Å². The molecule has 5 heteroatoms. The molecule has 0 spiro atoms. The van der Waals surface area contributed by atoms with Gasteiger partial charge in [0.25, 0.3) is 0 Å². The number of anilines is 1. The predicted octanol–water partition coefficient (Wildman–Crippen LogP) is 4.26. The standard InChI is InChI=1S/C18H26ClN3O/c1-2-10-22-14-6-5-7-15(22)12-13(11-14)20-18(23)21-17-9-4-3-8-16(17)19/h3-4,8-9,13-15H,2,5-7,10-12H2,1H3,(H2,20,21,23). The van der Waals surface area contributed by atoms with Crippen LogP contribution >= 0.6 is 11.6 Å². The number of hydrogen-bond donors (Lipinski definition) is 2. The molecule has 2 fully saturated rings. The number of amides is 2. The SMILES string of the molecule is CCCN1C2CCCC1CC(NC(=O)Nc1ccccc1Cl)C2. The van der Waals surface area contributed by atoms with Crippen LogP contribution in [-0.4, -0.2) is 35.6 Å². The van der Waals surface area contributed by atoms with Crippen LogP contribution in [0.4, 0.5) is 10.5 Å². The van der Waals surface area contributed by atoms with E-state index in [9.17, 15) is 4.79 Å². The highest BCUT2D eigenvalue weighted by Gasteiger charge is 2.38. The molecule has 2 unspecified atom stereocenters. The van der Waals surface area contributed by atoms with Gasteiger partial charge < -0.3 is 10.6 Å². The lowest BCUT2D eigenvalue weighted by Gasteiger charge is -2.49. The van der Waals surface area contributed by atoms with Crippen LogP contribution in [0.25, 0.3) is 0 Å². The summed E-state index contributed by atoms with van der Waals surface area (Å²) in [6, 6.07) is 8.71. The molecule has 2 aliphatic heterocycles. The number of nitrogens with one attached hydrogen (secondary N) is 2. The van der Waals surface area contributed by atoms with Crippen molar-refractivity contribution in [2.45, 2.75) is 63.6 Å². The van der Waals surface area contributed by atoms with E-state index in [1.54, 1.807) is 6.07 Å². The normalized spacial score (nSPS) is 27.5. The molecule has 1 aromatic rings. The number of para-hydroxylation sites is 1. The molecule has 2 saturated heterocycles. The summed E-state index contributed by atoms with van der Waals surface area (Å²) in [5, 5.41) is 6.58. The molecule has 2 bridgehead atoms. The first-order valence-corrected chi connectivity index (χ1v) is 9.13. The number of carbonyl (C=O) groups excluding carboxylic acids is 1. The van der Waals surface area contributed by atoms with Crippen LogP contribution in [0.15, 0.2) is 24.3 Å². The van der Waals surface area contributed by atoms with Gasteiger partial charge in [-0.15, -0.1) is 0 Å². The number of fused-ring (bicyclic) bond motifs is 2. The fourth-order valence-electron chi connectivity index (χ4n) is 4.13. The van der Waals surface area contributed by atoms with E-state index in [0.29, 0.717) is 22.8 Å². The van der Waals surface area contributed by atoms with Gasteiger partial charge in [-0.3, -0.25) is 4.90 Å². The summed E-state index contributed by atoms with van der Waals surface area (Å²) in [6.45, 7) is 3.44. The fraction of sp³-hybridized carbons (Fsp3) is 0.611. The van der Waals surface area contributed by atoms with Gasteiger partial charge in [-0.2, -0.15) is 0 Å². The third-order valence-corrected chi connectivity index (χ3v) is 5.39. The summed E-state index contributed by atoms with van der Waals surface area (Å²) in [6.07, 6.45) is 7.19. The Morgan fingerprint density at radius 1 is 1.26 bits per heavy atom. The van der Waals surface area contributed by atoms with Crippen molar-refractivity contribution >= 4 is 23.3 Å². The lowest BCUT2D eigenvalue weighted by Crippen LogP contribution is -2.57. The molecule has 126 valence electrons. The van der Waals surface area contributed by atoms with Gasteiger partial charge in [0.05, 0.1) is 10.7 Å². The van der Waals surface area contributed by atoms with Crippen LogP contribution in [0.2, 0.25) is 5.02 Å². The molecular formula is C18H26ClN3O. The van der Waals surface area contributed by atoms with Crippen molar-refractivity contribution in [3.63, 3.8) is 0 Å². The van der Waals surface area contributed by atoms with Crippen LogP contribution < -0.4 is 10.6 Å². The van der Waals surface area contributed by atoms with Crippen molar-refractivity contribution in [2.24, 2.45) is 0 Å². The van der Waals surface area contributed by atoms with E-state index in [1.165, 1.54) is 32.2 Å². The van der Waals surface area contributed by atoms with Crippen molar-refractivity contribution in [1.29, 1.82) is 0 Å². The molecule has 2 amide bonds. The van der Waals surface area contributed by atoms with Gasteiger partial charge in [-0.05, 0) is 50.8 Å². The second kappa shape index (κ2) is 7.54. The van der Waals surface area contributed by atoms with E-state index in [-0.39, 0.29) is 12.1 Å². The minimum Gasteiger partial charge on any atom is -0.335 e. The molecule has 23 heavy (non-hydrogen) atoms. The Hall–Kier alpha value is -1.26. The minimum absolute atomic E-state index is 0.148. The average molecular weight is 336 g/mol. The molecule has 2 aliphatic rings. The van der Waals surface area contributed by atoms with Crippen LogP contribution in [0.3, 0.4) is 0 Å². The highest BCUT2D eigenvalue weighted by molar-refractivity contribution is 6.33. The summed E-state index contributed by atoms with van der Waals surface area (Å²) in [7, 11) is 0. The van der Waals surface area contributed by atoms with Crippen molar-refractivity contribution in [3.8, 4) is 0 Å². The lowest BCUT2D eigenvalue weighted by atomic mass is 9.81. The molecule has 4 nitrogen and oxygen atoms in total. The Balaban J connectivity index is 1.57. The van der Waals surface area contributed by atoms with Gasteiger partial charge in [0.2, 0.25) is 0 Å². The van der Waals surface area contributed by atoms with E-state index in [2.05, 4.69) is 22.5 Å². The number of nitrogens with zero attached hydrogens (tertiary/aromatic N) is 1. The number of halogens is 1. The molecule has 2 heterocycles. The summed E-state index contributed by atoms with van der Waals surface area (Å²) in [4.78, 5) is 14.9. The predicted molar refractivity (Wildman–Crippen MR) is 95.1 cm³/mol. The third-order valence-electron chi connectivity index (χ3n) is 5.06. The largest absolute Gasteiger partial charge is 0.335 e. The number of benzene rings is 1. The van der Waals surface area contributed by atoms with Gasteiger partial charge in [0.15, 0.2) is 0 Å². The molecule has 1 aromatic carbocycles. The summed E-state index contributed by atoms with van der Waals surface area (Å²) < 4.78 is 0. The van der Waals surface area contributed by atoms with E-state index in [0.717, 1.165) is 12.8 Å². The number of carbonyl (C=O) groups is 1. The van der Waals surface area contributed by atoms with Crippen LogP contribution in [0.5, 0.6) is 0 Å². The van der Waals surface area contributed by atoms with E-state index in [4.69, 9.17) is 11.6 Å². The fourth-order valence-corrected chi connectivity index (χ4v) is 4.31. The Labute approximate surface area is 143 Å². The Kier molecular flexibility index (Phi) is 5.44. The third kappa shape index (κ3) is 3.99. The maximum atomic E-state index is 12.3. The maximum Gasteiger partial charge on any atom is 0.319 e. The first kappa shape index (κ1) is 16.6. The van der Waals surface area contributed by atoms with Gasteiger partial charge in [-0.1, -0.05) is 37.1 Å². The van der Waals surface area contributed by atoms with Gasteiger partial charge in [0.1, 0.15) is 0 Å². The quantitative estimate of drug-likeness (QED) is 0.863. The summed E-state index contributed by atoms with van der Waals surface area (Å²) in [5.41, 5.74) is 0.662. The van der Waals surface area contributed by atoms with E-state index >= 15 is 0 Å². The van der Waals surface area contributed by atoms with Crippen molar-refractivity contribution < 1.29 is 4.79 Å². The lowest BCUT2D eigenvalue weighted by molar-refractivity contribution is 0.0272. The second-order valence-electron chi connectivity index (χ2n) is 6.72. The monoisotopic (exact) mass is 335 g/mol. The molecule has 0 saturated carbocycles. The maximum absolute atomic E-state index is 12.3. The number of rotatable bonds is 4. The Morgan fingerprint density at radius 2 is 1.96 bits per heavy atom. The molecule has 3 rings (SSSR count). The van der Waals surface area contributed by atoms with Crippen molar-refractivity contribution in [3.05, 3.63) is 29.3 Å². The molecular weight excluding hydrogens is 310 g/mol. The first-order chi connectivity index (χ1) is 11.2. The van der Waals surface area contributed by atoms with E-state index in [1.807, 2.05) is 18.2 Å². The molecule has 2 N–H and O–H groups in total. The Bertz CT molecular complexity index is 537. The molecule has 0 aromatic heterocycles. The zero-order valence-electron chi connectivity index (χ0n) is 13.7. The number of piperidine rings is 2. The zero-order valence-corrected chi connectivity index (χ0v) is 14.5.